The minimum absolute atomic E-state index is 0.0136. The van der Waals surface area contributed by atoms with E-state index in [2.05, 4.69) is 10.4 Å². The molecule has 3 aromatic rings. The maximum Gasteiger partial charge on any atom is 0.244 e. The minimum atomic E-state index is -3.78. The van der Waals surface area contributed by atoms with E-state index in [0.717, 1.165) is 11.4 Å². The van der Waals surface area contributed by atoms with Crippen LogP contribution in [0.5, 0.6) is 0 Å². The molecule has 1 saturated heterocycles. The molecule has 1 aromatic heterocycles. The molecule has 1 aliphatic heterocycles. The molecule has 168 valence electrons. The summed E-state index contributed by atoms with van der Waals surface area (Å²) in [6, 6.07) is 13.7. The van der Waals surface area contributed by atoms with Gasteiger partial charge in [-0.25, -0.2) is 13.1 Å². The van der Waals surface area contributed by atoms with Crippen molar-refractivity contribution in [1.29, 1.82) is 0 Å². The third kappa shape index (κ3) is 4.68. The second-order valence-electron chi connectivity index (χ2n) is 7.68. The summed E-state index contributed by atoms with van der Waals surface area (Å²) in [5.74, 6) is -0.413. The van der Waals surface area contributed by atoms with Crippen LogP contribution in [0.3, 0.4) is 0 Å². The van der Waals surface area contributed by atoms with Crippen LogP contribution in [0.1, 0.15) is 18.5 Å². The van der Waals surface area contributed by atoms with E-state index in [9.17, 15) is 13.2 Å². The summed E-state index contributed by atoms with van der Waals surface area (Å²) in [5, 5.41) is 7.66. The highest BCUT2D eigenvalue weighted by Crippen LogP contribution is 2.30. The third-order valence-corrected chi connectivity index (χ3v) is 8.14. The molecule has 0 spiro atoms. The Morgan fingerprint density at radius 3 is 2.53 bits per heavy atom. The van der Waals surface area contributed by atoms with Crippen LogP contribution < -0.4 is 5.32 Å². The molecule has 7 nitrogen and oxygen atoms in total. The van der Waals surface area contributed by atoms with Gasteiger partial charge in [-0.2, -0.15) is 9.40 Å². The number of anilines is 1. The molecule has 1 fully saturated rings. The van der Waals surface area contributed by atoms with Gasteiger partial charge in [0.1, 0.15) is 4.90 Å². The fourth-order valence-corrected chi connectivity index (χ4v) is 5.98. The number of hydrogen-bond donors (Lipinski definition) is 1. The van der Waals surface area contributed by atoms with Gasteiger partial charge in [-0.1, -0.05) is 29.3 Å². The zero-order valence-electron chi connectivity index (χ0n) is 17.3. The van der Waals surface area contributed by atoms with Gasteiger partial charge in [-0.05, 0) is 62.2 Å². The molecule has 1 N–H and O–H groups in total. The molecule has 32 heavy (non-hydrogen) atoms. The monoisotopic (exact) mass is 492 g/mol. The van der Waals surface area contributed by atoms with Crippen LogP contribution in [0, 0.1) is 12.8 Å². The highest BCUT2D eigenvalue weighted by molar-refractivity contribution is 7.89. The second-order valence-corrected chi connectivity index (χ2v) is 10.4. The average molecular weight is 493 g/mol. The van der Waals surface area contributed by atoms with E-state index in [1.807, 2.05) is 37.3 Å². The van der Waals surface area contributed by atoms with E-state index < -0.39 is 10.0 Å². The van der Waals surface area contributed by atoms with Crippen molar-refractivity contribution in [3.63, 3.8) is 0 Å². The lowest BCUT2D eigenvalue weighted by Crippen LogP contribution is -2.41. The van der Waals surface area contributed by atoms with Crippen molar-refractivity contribution >= 4 is 44.8 Å². The van der Waals surface area contributed by atoms with E-state index in [-0.39, 0.29) is 34.8 Å². The average Bonchev–Trinajstić information content (AvgIpc) is 3.21. The Bertz CT molecular complexity index is 1250. The number of benzene rings is 2. The lowest BCUT2D eigenvalue weighted by molar-refractivity contribution is -0.120. The number of aromatic nitrogens is 2. The van der Waals surface area contributed by atoms with Gasteiger partial charge in [-0.15, -0.1) is 0 Å². The van der Waals surface area contributed by atoms with Crippen LogP contribution in [0.15, 0.2) is 59.6 Å². The van der Waals surface area contributed by atoms with Crippen molar-refractivity contribution in [2.75, 3.05) is 18.4 Å². The molecule has 10 heteroatoms. The number of hydrogen-bond acceptors (Lipinski definition) is 4. The Morgan fingerprint density at radius 2 is 1.84 bits per heavy atom. The first kappa shape index (κ1) is 22.8. The number of halogens is 2. The summed E-state index contributed by atoms with van der Waals surface area (Å²) in [6.45, 7) is 2.42. The fraction of sp³-hybridized carbons (Fsp3) is 0.273. The molecule has 0 saturated carbocycles. The molecular weight excluding hydrogens is 471 g/mol. The molecule has 4 rings (SSSR count). The Hall–Kier alpha value is -2.39. The fourth-order valence-electron chi connectivity index (χ4n) is 3.77. The van der Waals surface area contributed by atoms with Crippen molar-refractivity contribution in [2.24, 2.45) is 5.92 Å². The quantitative estimate of drug-likeness (QED) is 0.566. The molecule has 2 heterocycles. The Balaban J connectivity index is 1.41. The molecule has 1 aliphatic rings. The number of piperidine rings is 1. The van der Waals surface area contributed by atoms with Gasteiger partial charge in [0, 0.05) is 41.6 Å². The zero-order chi connectivity index (χ0) is 22.9. The summed E-state index contributed by atoms with van der Waals surface area (Å²) in [7, 11) is -3.78. The highest BCUT2D eigenvalue weighted by Gasteiger charge is 2.33. The molecule has 0 unspecified atom stereocenters. The lowest BCUT2D eigenvalue weighted by Gasteiger charge is -2.30. The van der Waals surface area contributed by atoms with Crippen molar-refractivity contribution in [3.05, 3.63) is 70.5 Å². The number of sulfonamides is 1. The first-order valence-corrected chi connectivity index (χ1v) is 12.3. The first-order chi connectivity index (χ1) is 15.3. The van der Waals surface area contributed by atoms with Crippen LogP contribution in [-0.4, -0.2) is 41.5 Å². The van der Waals surface area contributed by atoms with Gasteiger partial charge in [0.05, 0.1) is 10.7 Å². The molecule has 0 atom stereocenters. The molecule has 2 aromatic carbocycles. The van der Waals surface area contributed by atoms with Crippen LogP contribution in [0.4, 0.5) is 5.69 Å². The summed E-state index contributed by atoms with van der Waals surface area (Å²) in [6.07, 6.45) is 2.56. The zero-order valence-corrected chi connectivity index (χ0v) is 19.7. The minimum Gasteiger partial charge on any atom is -0.326 e. The molecule has 0 radical (unpaired) electrons. The summed E-state index contributed by atoms with van der Waals surface area (Å²) in [5.41, 5.74) is 2.51. The van der Waals surface area contributed by atoms with E-state index in [1.165, 1.54) is 16.4 Å². The lowest BCUT2D eigenvalue weighted by atomic mass is 9.97. The number of amides is 1. The number of rotatable bonds is 5. The summed E-state index contributed by atoms with van der Waals surface area (Å²) >= 11 is 12.0. The van der Waals surface area contributed by atoms with Crippen LogP contribution >= 0.6 is 23.2 Å². The Labute approximate surface area is 197 Å². The van der Waals surface area contributed by atoms with Crippen molar-refractivity contribution in [2.45, 2.75) is 24.7 Å². The topological polar surface area (TPSA) is 84.3 Å². The van der Waals surface area contributed by atoms with Gasteiger partial charge in [0.15, 0.2) is 0 Å². The maximum absolute atomic E-state index is 13.0. The van der Waals surface area contributed by atoms with Crippen molar-refractivity contribution in [3.8, 4) is 5.69 Å². The Kier molecular flexibility index (Phi) is 6.57. The first-order valence-electron chi connectivity index (χ1n) is 10.1. The van der Waals surface area contributed by atoms with Gasteiger partial charge < -0.3 is 5.32 Å². The molecule has 1 amide bonds. The summed E-state index contributed by atoms with van der Waals surface area (Å²) in [4.78, 5) is 12.8. The predicted molar refractivity (Wildman–Crippen MR) is 125 cm³/mol. The number of carbonyl (C=O) groups excluding carboxylic acids is 1. The van der Waals surface area contributed by atoms with Gasteiger partial charge in [0.2, 0.25) is 15.9 Å². The third-order valence-electron chi connectivity index (χ3n) is 5.53. The highest BCUT2D eigenvalue weighted by atomic mass is 35.5. The largest absolute Gasteiger partial charge is 0.326 e. The Morgan fingerprint density at radius 1 is 1.09 bits per heavy atom. The SMILES string of the molecule is Cc1ccnn1-c1cccc(NC(=O)C2CCN(S(=O)(=O)c3cc(Cl)ccc3Cl)CC2)c1. The van der Waals surface area contributed by atoms with E-state index in [1.54, 1.807) is 16.9 Å². The number of aryl methyl sites for hydroxylation is 1. The van der Waals surface area contributed by atoms with E-state index in [4.69, 9.17) is 23.2 Å². The molecule has 0 bridgehead atoms. The van der Waals surface area contributed by atoms with Gasteiger partial charge in [0.25, 0.3) is 0 Å². The normalized spacial score (nSPS) is 15.6. The van der Waals surface area contributed by atoms with Gasteiger partial charge in [-0.3, -0.25) is 4.79 Å². The van der Waals surface area contributed by atoms with E-state index in [0.29, 0.717) is 23.6 Å². The second kappa shape index (κ2) is 9.23. The molecule has 0 aliphatic carbocycles. The van der Waals surface area contributed by atoms with Gasteiger partial charge >= 0.3 is 0 Å². The number of nitrogens with zero attached hydrogens (tertiary/aromatic N) is 3. The molecular formula is C22H22Cl2N4O3S. The van der Waals surface area contributed by atoms with Crippen LogP contribution in [0.25, 0.3) is 5.69 Å². The standard InChI is InChI=1S/C22H22Cl2N4O3S/c1-15-7-10-25-28(15)19-4-2-3-18(14-19)26-22(29)16-8-11-27(12-9-16)32(30,31)21-13-17(23)5-6-20(21)24/h2-7,10,13-14,16H,8-9,11-12H2,1H3,(H,26,29). The predicted octanol–water partition coefficient (Wildman–Crippen LogP) is 4.53. The van der Waals surface area contributed by atoms with Crippen LogP contribution in [0.2, 0.25) is 10.0 Å². The van der Waals surface area contributed by atoms with Crippen molar-refractivity contribution in [1.82, 2.24) is 14.1 Å². The van der Waals surface area contributed by atoms with E-state index >= 15 is 0 Å². The van der Waals surface area contributed by atoms with Crippen molar-refractivity contribution < 1.29 is 13.2 Å². The van der Waals surface area contributed by atoms with Crippen LogP contribution in [-0.2, 0) is 14.8 Å². The number of carbonyl (C=O) groups is 1. The summed E-state index contributed by atoms with van der Waals surface area (Å²) < 4.78 is 29.1. The maximum atomic E-state index is 13.0. The number of nitrogens with one attached hydrogen (secondary N) is 1. The smallest absolute Gasteiger partial charge is 0.244 e.